The maximum absolute atomic E-state index is 9.75. The molecule has 0 aromatic carbocycles. The molecule has 8 heavy (non-hydrogen) atoms. The summed E-state index contributed by atoms with van der Waals surface area (Å²) in [7, 11) is 0. The monoisotopic (exact) mass is 112 g/mol. The highest BCUT2D eigenvalue weighted by Crippen LogP contribution is 1.74. The van der Waals surface area contributed by atoms with Gasteiger partial charge in [-0.15, -0.1) is 0 Å². The van der Waals surface area contributed by atoms with E-state index in [1.165, 1.54) is 6.08 Å². The van der Waals surface area contributed by atoms with Crippen molar-refractivity contribution < 1.29 is 9.90 Å². The lowest BCUT2D eigenvalue weighted by atomic mass is 10.4. The van der Waals surface area contributed by atoms with Gasteiger partial charge in [0.2, 0.25) is 0 Å². The van der Waals surface area contributed by atoms with Gasteiger partial charge in [0.1, 0.15) is 0 Å². The van der Waals surface area contributed by atoms with Crippen molar-refractivity contribution in [3.63, 3.8) is 0 Å². The van der Waals surface area contributed by atoms with Gasteiger partial charge in [-0.3, -0.25) is 0 Å². The second kappa shape index (κ2) is 4.12. The number of rotatable bonds is 2. The van der Waals surface area contributed by atoms with Crippen molar-refractivity contribution in [1.29, 1.82) is 0 Å². The summed E-state index contributed by atoms with van der Waals surface area (Å²) in [6, 6.07) is 0. The highest BCUT2D eigenvalue weighted by molar-refractivity contribution is 5.80. The zero-order valence-electron chi connectivity index (χ0n) is 4.66. The number of carboxylic acids is 1. The van der Waals surface area contributed by atoms with Crippen molar-refractivity contribution in [2.75, 3.05) is 0 Å². The zero-order chi connectivity index (χ0) is 6.41. The third kappa shape index (κ3) is 4.95. The fourth-order valence-electron chi connectivity index (χ4n) is 0.249. The number of hydrogen-bond donors (Lipinski definition) is 1. The quantitative estimate of drug-likeness (QED) is 0.430. The Balaban J connectivity index is 3.50. The van der Waals surface area contributed by atoms with Crippen LogP contribution < -0.4 is 0 Å². The molecule has 44 valence electrons. The van der Waals surface area contributed by atoms with E-state index in [4.69, 9.17) is 5.11 Å². The molecule has 0 atom stereocenters. The molecule has 0 aliphatic carbocycles. The summed E-state index contributed by atoms with van der Waals surface area (Å²) in [5.41, 5.74) is 0. The van der Waals surface area contributed by atoms with Crippen LogP contribution in [0.2, 0.25) is 0 Å². The second-order valence-electron chi connectivity index (χ2n) is 1.22. The smallest absolute Gasteiger partial charge is 0.328 e. The van der Waals surface area contributed by atoms with Crippen molar-refractivity contribution in [3.8, 4) is 0 Å². The van der Waals surface area contributed by atoms with Crippen LogP contribution in [0.4, 0.5) is 0 Å². The summed E-state index contributed by atoms with van der Waals surface area (Å²) in [6.45, 7) is 1.83. The van der Waals surface area contributed by atoms with Gasteiger partial charge < -0.3 is 5.11 Å². The number of allylic oxidation sites excluding steroid dienone is 3. The number of hydrogen-bond acceptors (Lipinski definition) is 1. The Hall–Kier alpha value is -1.05. The lowest BCUT2D eigenvalue weighted by Gasteiger charge is -1.72. The predicted molar refractivity (Wildman–Crippen MR) is 31.6 cm³/mol. The molecule has 0 amide bonds. The summed E-state index contributed by atoms with van der Waals surface area (Å²) in [6.07, 6.45) is 5.98. The Kier molecular flexibility index (Phi) is 3.58. The SMILES string of the molecule is CC=C/C=C\C(=O)O. The van der Waals surface area contributed by atoms with Gasteiger partial charge in [0, 0.05) is 6.08 Å². The maximum atomic E-state index is 9.75. The first-order valence-corrected chi connectivity index (χ1v) is 2.29. The van der Waals surface area contributed by atoms with E-state index >= 15 is 0 Å². The average Bonchev–Trinajstić information content (AvgIpc) is 1.66. The van der Waals surface area contributed by atoms with E-state index in [2.05, 4.69) is 0 Å². The van der Waals surface area contributed by atoms with Gasteiger partial charge >= 0.3 is 5.97 Å². The number of carbonyl (C=O) groups is 1. The zero-order valence-corrected chi connectivity index (χ0v) is 4.66. The fraction of sp³-hybridized carbons (Fsp3) is 0.167. The Morgan fingerprint density at radius 2 is 2.12 bits per heavy atom. The average molecular weight is 112 g/mol. The Morgan fingerprint density at radius 3 is 2.50 bits per heavy atom. The van der Waals surface area contributed by atoms with Crippen LogP contribution in [-0.4, -0.2) is 11.1 Å². The molecule has 2 heteroatoms. The molecule has 0 aromatic heterocycles. The molecule has 2 nitrogen and oxygen atoms in total. The molecule has 0 saturated carbocycles. The van der Waals surface area contributed by atoms with Crippen molar-refractivity contribution in [3.05, 3.63) is 24.3 Å². The van der Waals surface area contributed by atoms with E-state index < -0.39 is 5.97 Å². The largest absolute Gasteiger partial charge is 0.478 e. The summed E-state index contributed by atoms with van der Waals surface area (Å²) in [5.74, 6) is -0.914. The van der Waals surface area contributed by atoms with E-state index in [1.54, 1.807) is 12.2 Å². The van der Waals surface area contributed by atoms with Crippen LogP contribution in [0.15, 0.2) is 24.3 Å². The van der Waals surface area contributed by atoms with Gasteiger partial charge in [0.05, 0.1) is 0 Å². The van der Waals surface area contributed by atoms with Crippen LogP contribution in [0, 0.1) is 0 Å². The predicted octanol–water partition coefficient (Wildman–Crippen LogP) is 1.20. The van der Waals surface area contributed by atoms with Crippen molar-refractivity contribution >= 4 is 5.97 Å². The maximum Gasteiger partial charge on any atom is 0.328 e. The highest BCUT2D eigenvalue weighted by Gasteiger charge is 1.78. The van der Waals surface area contributed by atoms with E-state index in [0.29, 0.717) is 0 Å². The minimum absolute atomic E-state index is 0.914. The summed E-state index contributed by atoms with van der Waals surface area (Å²) >= 11 is 0. The third-order valence-electron chi connectivity index (χ3n) is 0.542. The Labute approximate surface area is 48.1 Å². The molecule has 0 heterocycles. The molecule has 0 radical (unpaired) electrons. The van der Waals surface area contributed by atoms with E-state index in [1.807, 2.05) is 6.92 Å². The van der Waals surface area contributed by atoms with E-state index in [9.17, 15) is 4.79 Å². The van der Waals surface area contributed by atoms with Crippen molar-refractivity contribution in [2.24, 2.45) is 0 Å². The molecule has 0 rings (SSSR count). The van der Waals surface area contributed by atoms with Gasteiger partial charge in [-0.05, 0) is 6.92 Å². The second-order valence-corrected chi connectivity index (χ2v) is 1.22. The van der Waals surface area contributed by atoms with Gasteiger partial charge in [0.15, 0.2) is 0 Å². The van der Waals surface area contributed by atoms with E-state index in [0.717, 1.165) is 6.08 Å². The molecule has 0 aliphatic heterocycles. The Morgan fingerprint density at radius 1 is 1.50 bits per heavy atom. The van der Waals surface area contributed by atoms with Crippen molar-refractivity contribution in [1.82, 2.24) is 0 Å². The van der Waals surface area contributed by atoms with Crippen LogP contribution in [-0.2, 0) is 4.79 Å². The first-order chi connectivity index (χ1) is 3.77. The number of carboxylic acid groups (broad SMARTS) is 1. The summed E-state index contributed by atoms with van der Waals surface area (Å²) < 4.78 is 0. The topological polar surface area (TPSA) is 37.3 Å². The van der Waals surface area contributed by atoms with Gasteiger partial charge in [-0.2, -0.15) is 0 Å². The first-order valence-electron chi connectivity index (χ1n) is 2.29. The minimum Gasteiger partial charge on any atom is -0.478 e. The fourth-order valence-corrected chi connectivity index (χ4v) is 0.249. The van der Waals surface area contributed by atoms with Crippen LogP contribution in [0.3, 0.4) is 0 Å². The van der Waals surface area contributed by atoms with Gasteiger partial charge in [-0.1, -0.05) is 18.2 Å². The standard InChI is InChI=1S/C6H8O2/c1-2-3-4-5-6(7)8/h2-5H,1H3,(H,7,8)/b3-2?,5-4-. The van der Waals surface area contributed by atoms with Gasteiger partial charge in [-0.25, -0.2) is 4.79 Å². The van der Waals surface area contributed by atoms with Crippen LogP contribution in [0.5, 0.6) is 0 Å². The molecule has 0 fully saturated rings. The first kappa shape index (κ1) is 6.95. The molecule has 1 N–H and O–H groups in total. The number of aliphatic carboxylic acids is 1. The lowest BCUT2D eigenvalue weighted by Crippen LogP contribution is -1.83. The molecule has 0 bridgehead atoms. The molecule has 0 aromatic rings. The molecule has 0 saturated heterocycles. The molecule has 0 spiro atoms. The van der Waals surface area contributed by atoms with Crippen LogP contribution >= 0.6 is 0 Å². The van der Waals surface area contributed by atoms with Gasteiger partial charge in [0.25, 0.3) is 0 Å². The minimum atomic E-state index is -0.914. The van der Waals surface area contributed by atoms with Crippen molar-refractivity contribution in [2.45, 2.75) is 6.92 Å². The molecular formula is C6H8O2. The summed E-state index contributed by atoms with van der Waals surface area (Å²) in [5, 5.41) is 8.02. The normalized spacial score (nSPS) is 11.1. The molecular weight excluding hydrogens is 104 g/mol. The third-order valence-corrected chi connectivity index (χ3v) is 0.542. The lowest BCUT2D eigenvalue weighted by molar-refractivity contribution is -0.131. The summed E-state index contributed by atoms with van der Waals surface area (Å²) in [4.78, 5) is 9.75. The van der Waals surface area contributed by atoms with Crippen LogP contribution in [0.1, 0.15) is 6.92 Å². The van der Waals surface area contributed by atoms with E-state index in [-0.39, 0.29) is 0 Å². The van der Waals surface area contributed by atoms with Crippen LogP contribution in [0.25, 0.3) is 0 Å². The molecule has 0 unspecified atom stereocenters. The Bertz CT molecular complexity index is 122. The molecule has 0 aliphatic rings. The highest BCUT2D eigenvalue weighted by atomic mass is 16.4.